The molecule has 3 atom stereocenters. The molecule has 0 bridgehead atoms. The van der Waals surface area contributed by atoms with E-state index in [4.69, 9.17) is 9.84 Å². The number of aromatic amines is 1. The molecule has 0 radical (unpaired) electrons. The van der Waals surface area contributed by atoms with Gasteiger partial charge in [0.25, 0.3) is 5.56 Å². The Morgan fingerprint density at radius 3 is 2.60 bits per heavy atom. The number of hydrogen-bond acceptors (Lipinski definition) is 5. The number of alkyl halides is 3. The van der Waals surface area contributed by atoms with Gasteiger partial charge in [0.05, 0.1) is 12.7 Å². The number of hydrogen-bond donors (Lipinski definition) is 3. The molecule has 1 aromatic rings. The Labute approximate surface area is 109 Å². The van der Waals surface area contributed by atoms with Gasteiger partial charge in [-0.3, -0.25) is 14.3 Å². The molecule has 2 heterocycles. The smallest absolute Gasteiger partial charge is 0.394 e. The first-order valence-corrected chi connectivity index (χ1v) is 5.61. The highest BCUT2D eigenvalue weighted by molar-refractivity contribution is 5.09. The Morgan fingerprint density at radius 1 is 1.45 bits per heavy atom. The first kappa shape index (κ1) is 14.8. The lowest BCUT2D eigenvalue weighted by Crippen LogP contribution is -2.36. The van der Waals surface area contributed by atoms with Gasteiger partial charge in [-0.25, -0.2) is 4.79 Å². The highest BCUT2D eigenvalue weighted by Crippen LogP contribution is 2.30. The van der Waals surface area contributed by atoms with Crippen LogP contribution in [0.4, 0.5) is 13.2 Å². The molecule has 1 aliphatic heterocycles. The molecule has 0 amide bonds. The molecule has 2 rings (SSSR count). The first-order chi connectivity index (χ1) is 9.24. The van der Waals surface area contributed by atoms with Crippen molar-refractivity contribution >= 4 is 0 Å². The van der Waals surface area contributed by atoms with Crippen molar-refractivity contribution in [2.75, 3.05) is 6.61 Å². The maximum absolute atomic E-state index is 12.6. The highest BCUT2D eigenvalue weighted by atomic mass is 19.4. The monoisotopic (exact) mass is 296 g/mol. The predicted molar refractivity (Wildman–Crippen MR) is 57.9 cm³/mol. The SMILES string of the molecule is O=c1[nH]c(=O)n([C@@H]2C[C@@H](O)[C@@H](CO)O2)cc1C(F)(F)F. The number of H-pyrrole nitrogens is 1. The molecule has 1 aliphatic rings. The number of aromatic nitrogens is 2. The summed E-state index contributed by atoms with van der Waals surface area (Å²) in [6, 6.07) is 0. The van der Waals surface area contributed by atoms with Gasteiger partial charge in [0.2, 0.25) is 0 Å². The van der Waals surface area contributed by atoms with E-state index in [9.17, 15) is 27.9 Å². The summed E-state index contributed by atoms with van der Waals surface area (Å²) in [5, 5.41) is 18.4. The Hall–Kier alpha value is -1.65. The van der Waals surface area contributed by atoms with Gasteiger partial charge in [0.15, 0.2) is 0 Å². The van der Waals surface area contributed by atoms with Crippen LogP contribution < -0.4 is 11.2 Å². The van der Waals surface area contributed by atoms with Gasteiger partial charge in [-0.05, 0) is 0 Å². The standard InChI is InChI=1S/C10H11F3N2O5/c11-10(12,13)4-2-15(9(19)14-8(4)18)7-1-5(17)6(3-16)20-7/h2,5-7,16-17H,1,3H2,(H,14,18,19)/t5-,6-,7+/m1/s1. The van der Waals surface area contributed by atoms with Crippen LogP contribution in [0.3, 0.4) is 0 Å². The lowest BCUT2D eigenvalue weighted by atomic mass is 10.2. The molecule has 0 aromatic carbocycles. The van der Waals surface area contributed by atoms with E-state index in [-0.39, 0.29) is 6.42 Å². The quantitative estimate of drug-likeness (QED) is 0.662. The number of nitrogens with zero attached hydrogens (tertiary/aromatic N) is 1. The topological polar surface area (TPSA) is 105 Å². The zero-order valence-corrected chi connectivity index (χ0v) is 9.92. The normalized spacial score (nSPS) is 26.9. The third-order valence-corrected chi connectivity index (χ3v) is 2.97. The first-order valence-electron chi connectivity index (χ1n) is 5.61. The molecule has 1 saturated heterocycles. The molecule has 1 fully saturated rings. The fourth-order valence-electron chi connectivity index (χ4n) is 1.95. The largest absolute Gasteiger partial charge is 0.423 e. The van der Waals surface area contributed by atoms with Crippen LogP contribution in [0.15, 0.2) is 15.8 Å². The van der Waals surface area contributed by atoms with Crippen molar-refractivity contribution < 1.29 is 28.1 Å². The number of rotatable bonds is 2. The van der Waals surface area contributed by atoms with Crippen LogP contribution in [0.2, 0.25) is 0 Å². The number of halogens is 3. The molecule has 0 spiro atoms. The molecule has 0 unspecified atom stereocenters. The molecule has 3 N–H and O–H groups in total. The second-order valence-electron chi connectivity index (χ2n) is 4.32. The van der Waals surface area contributed by atoms with Crippen LogP contribution in [-0.2, 0) is 10.9 Å². The van der Waals surface area contributed by atoms with Gasteiger partial charge in [-0.15, -0.1) is 0 Å². The van der Waals surface area contributed by atoms with Crippen molar-refractivity contribution in [1.82, 2.24) is 9.55 Å². The average Bonchev–Trinajstić information content (AvgIpc) is 2.68. The minimum Gasteiger partial charge on any atom is -0.394 e. The van der Waals surface area contributed by atoms with Crippen LogP contribution in [-0.4, -0.2) is 38.6 Å². The van der Waals surface area contributed by atoms with Crippen LogP contribution in [0, 0.1) is 0 Å². The fraction of sp³-hybridized carbons (Fsp3) is 0.600. The highest BCUT2D eigenvalue weighted by Gasteiger charge is 2.38. The van der Waals surface area contributed by atoms with Gasteiger partial charge < -0.3 is 14.9 Å². The van der Waals surface area contributed by atoms with E-state index in [1.165, 1.54) is 0 Å². The Balaban J connectivity index is 2.43. The Bertz CT molecular complexity index is 608. The van der Waals surface area contributed by atoms with Gasteiger partial charge in [-0.2, -0.15) is 13.2 Å². The average molecular weight is 296 g/mol. The molecular formula is C10H11F3N2O5. The molecule has 20 heavy (non-hydrogen) atoms. The van der Waals surface area contributed by atoms with E-state index in [2.05, 4.69) is 0 Å². The summed E-state index contributed by atoms with van der Waals surface area (Å²) in [6.45, 7) is -0.540. The third-order valence-electron chi connectivity index (χ3n) is 2.97. The van der Waals surface area contributed by atoms with Crippen molar-refractivity contribution in [2.45, 2.75) is 31.0 Å². The van der Waals surface area contributed by atoms with Crippen molar-refractivity contribution in [3.63, 3.8) is 0 Å². The fourth-order valence-corrected chi connectivity index (χ4v) is 1.95. The van der Waals surface area contributed by atoms with E-state index < -0.39 is 48.0 Å². The van der Waals surface area contributed by atoms with Crippen LogP contribution in [0.25, 0.3) is 0 Å². The summed E-state index contributed by atoms with van der Waals surface area (Å²) in [7, 11) is 0. The molecule has 0 aliphatic carbocycles. The lowest BCUT2D eigenvalue weighted by molar-refractivity contribution is -0.139. The van der Waals surface area contributed by atoms with E-state index in [0.717, 1.165) is 0 Å². The van der Waals surface area contributed by atoms with Gasteiger partial charge in [0.1, 0.15) is 17.9 Å². The maximum atomic E-state index is 12.6. The Kier molecular flexibility index (Phi) is 3.71. The van der Waals surface area contributed by atoms with E-state index >= 15 is 0 Å². The summed E-state index contributed by atoms with van der Waals surface area (Å²) in [5.41, 5.74) is -4.17. The number of aliphatic hydroxyl groups is 2. The number of aliphatic hydroxyl groups excluding tert-OH is 2. The van der Waals surface area contributed by atoms with Crippen molar-refractivity contribution in [2.24, 2.45) is 0 Å². The van der Waals surface area contributed by atoms with Crippen LogP contribution in [0.1, 0.15) is 18.2 Å². The molecule has 7 nitrogen and oxygen atoms in total. The van der Waals surface area contributed by atoms with Gasteiger partial charge in [0, 0.05) is 12.6 Å². The Morgan fingerprint density at radius 2 is 2.10 bits per heavy atom. The van der Waals surface area contributed by atoms with Gasteiger partial charge in [-0.1, -0.05) is 0 Å². The van der Waals surface area contributed by atoms with E-state index in [0.29, 0.717) is 10.8 Å². The van der Waals surface area contributed by atoms with E-state index in [1.807, 2.05) is 0 Å². The molecule has 1 aromatic heterocycles. The summed E-state index contributed by atoms with van der Waals surface area (Å²) in [5.74, 6) is 0. The molecule has 10 heteroatoms. The third kappa shape index (κ3) is 2.62. The van der Waals surface area contributed by atoms with Crippen LogP contribution in [0.5, 0.6) is 0 Å². The van der Waals surface area contributed by atoms with E-state index in [1.54, 1.807) is 4.98 Å². The minimum atomic E-state index is -4.92. The van der Waals surface area contributed by atoms with Crippen molar-refractivity contribution in [3.8, 4) is 0 Å². The maximum Gasteiger partial charge on any atom is 0.423 e. The van der Waals surface area contributed by atoms with Crippen LogP contribution >= 0.6 is 0 Å². The number of ether oxygens (including phenoxy) is 1. The predicted octanol–water partition coefficient (Wildman–Crippen LogP) is -0.804. The molecule has 0 saturated carbocycles. The summed E-state index contributed by atoms with van der Waals surface area (Å²) >= 11 is 0. The van der Waals surface area contributed by atoms with Crippen molar-refractivity contribution in [1.29, 1.82) is 0 Å². The second kappa shape index (κ2) is 5.04. The lowest BCUT2D eigenvalue weighted by Gasteiger charge is -2.16. The summed E-state index contributed by atoms with van der Waals surface area (Å²) in [4.78, 5) is 24.2. The second-order valence-corrected chi connectivity index (χ2v) is 4.32. The molecule has 112 valence electrons. The zero-order valence-electron chi connectivity index (χ0n) is 9.92. The summed E-state index contributed by atoms with van der Waals surface area (Å²) in [6.07, 6.45) is -8.04. The molecular weight excluding hydrogens is 285 g/mol. The van der Waals surface area contributed by atoms with Gasteiger partial charge >= 0.3 is 11.9 Å². The number of nitrogens with one attached hydrogen (secondary N) is 1. The zero-order chi connectivity index (χ0) is 15.1. The summed E-state index contributed by atoms with van der Waals surface area (Å²) < 4.78 is 43.4. The minimum absolute atomic E-state index is 0.172. The van der Waals surface area contributed by atoms with Crippen molar-refractivity contribution in [3.05, 3.63) is 32.6 Å².